The van der Waals surface area contributed by atoms with Gasteiger partial charge in [-0.15, -0.1) is 0 Å². The molecule has 0 saturated heterocycles. The van der Waals surface area contributed by atoms with Gasteiger partial charge in [-0.1, -0.05) is 26.0 Å². The summed E-state index contributed by atoms with van der Waals surface area (Å²) >= 11 is 0. The van der Waals surface area contributed by atoms with Crippen LogP contribution in [-0.4, -0.2) is 51.8 Å². The number of nitrogens with one attached hydrogen (secondary N) is 1. The maximum atomic E-state index is 12.9. The van der Waals surface area contributed by atoms with Gasteiger partial charge >= 0.3 is 5.97 Å². The van der Waals surface area contributed by atoms with Crippen molar-refractivity contribution < 1.29 is 18.3 Å². The maximum Gasteiger partial charge on any atom is 0.322 e. The van der Waals surface area contributed by atoms with Crippen molar-refractivity contribution in [2.24, 2.45) is 5.92 Å². The van der Waals surface area contributed by atoms with Gasteiger partial charge in [0.25, 0.3) is 0 Å². The van der Waals surface area contributed by atoms with Crippen LogP contribution in [0.25, 0.3) is 11.0 Å². The molecule has 8 nitrogen and oxygen atoms in total. The fourth-order valence-corrected chi connectivity index (χ4v) is 4.47. The topological polar surface area (TPSA) is 116 Å². The van der Waals surface area contributed by atoms with Crippen molar-refractivity contribution in [1.29, 1.82) is 0 Å². The van der Waals surface area contributed by atoms with Gasteiger partial charge in [0.1, 0.15) is 11.9 Å². The van der Waals surface area contributed by atoms with Crippen LogP contribution >= 0.6 is 0 Å². The summed E-state index contributed by atoms with van der Waals surface area (Å²) in [4.78, 5) is 23.4. The molecule has 9 heteroatoms. The molecule has 2 aromatic heterocycles. The van der Waals surface area contributed by atoms with E-state index in [2.05, 4.69) is 15.0 Å². The van der Waals surface area contributed by atoms with Gasteiger partial charge in [0, 0.05) is 19.7 Å². The zero-order valence-electron chi connectivity index (χ0n) is 16.5. The molecule has 0 spiro atoms. The minimum Gasteiger partial charge on any atom is -0.480 e. The second-order valence-electron chi connectivity index (χ2n) is 7.40. The summed E-state index contributed by atoms with van der Waals surface area (Å²) in [5.41, 5.74) is 2.55. The largest absolute Gasteiger partial charge is 0.480 e. The Hall–Kier alpha value is -2.78. The number of likely N-dealkylation sites (N-methyl/N-ethyl adjacent to an activating group) is 1. The first-order chi connectivity index (χ1) is 13.7. The van der Waals surface area contributed by atoms with Crippen LogP contribution in [0.1, 0.15) is 31.7 Å². The molecule has 154 valence electrons. The molecule has 0 bridgehead atoms. The van der Waals surface area contributed by atoms with Crippen LogP contribution in [0, 0.1) is 5.92 Å². The summed E-state index contributed by atoms with van der Waals surface area (Å²) in [5, 5.41) is 9.45. The number of carboxylic acid groups (broad SMARTS) is 1. The number of hydrogen-bond donors (Lipinski definition) is 2. The van der Waals surface area contributed by atoms with Crippen molar-refractivity contribution in [2.75, 3.05) is 7.05 Å². The molecular formula is C20H24N4O4S. The number of aromatic nitrogens is 3. The number of pyridine rings is 1. The summed E-state index contributed by atoms with van der Waals surface area (Å²) in [6.07, 6.45) is 4.13. The first-order valence-corrected chi connectivity index (χ1v) is 10.7. The van der Waals surface area contributed by atoms with E-state index in [4.69, 9.17) is 0 Å². The third kappa shape index (κ3) is 4.63. The molecule has 0 aliphatic heterocycles. The average molecular weight is 417 g/mol. The van der Waals surface area contributed by atoms with E-state index >= 15 is 0 Å². The van der Waals surface area contributed by atoms with E-state index in [-0.39, 0.29) is 17.2 Å². The van der Waals surface area contributed by atoms with Gasteiger partial charge in [-0.25, -0.2) is 13.4 Å². The van der Waals surface area contributed by atoms with Gasteiger partial charge in [-0.3, -0.25) is 9.78 Å². The van der Waals surface area contributed by atoms with Gasteiger partial charge in [0.15, 0.2) is 0 Å². The Bertz CT molecular complexity index is 1070. The summed E-state index contributed by atoms with van der Waals surface area (Å²) in [6, 6.07) is 7.13. The summed E-state index contributed by atoms with van der Waals surface area (Å²) in [7, 11) is -2.61. The predicted molar refractivity (Wildman–Crippen MR) is 109 cm³/mol. The molecule has 0 unspecified atom stereocenters. The minimum absolute atomic E-state index is 0.0511. The third-order valence-electron chi connectivity index (χ3n) is 4.72. The standard InChI is InChI=1S/C20H24N4O4S/c1-13(2)10-18(20(25)26)24(3)29(27,28)15-6-4-14(5-7-15)11-19-22-16-8-9-21-12-17(16)23-19/h4-9,12-13,18H,10-11H2,1-3H3,(H,22,23)(H,25,26)/t18-/m0/s1. The van der Waals surface area contributed by atoms with Crippen molar-refractivity contribution >= 4 is 27.0 Å². The van der Waals surface area contributed by atoms with Crippen molar-refractivity contribution in [3.05, 3.63) is 54.1 Å². The lowest BCUT2D eigenvalue weighted by Gasteiger charge is -2.25. The number of aliphatic carboxylic acids is 1. The van der Waals surface area contributed by atoms with Gasteiger partial charge < -0.3 is 10.1 Å². The van der Waals surface area contributed by atoms with Crippen LogP contribution in [0.2, 0.25) is 0 Å². The van der Waals surface area contributed by atoms with E-state index in [0.29, 0.717) is 6.42 Å². The van der Waals surface area contributed by atoms with Crippen LogP contribution in [0.3, 0.4) is 0 Å². The van der Waals surface area contributed by atoms with Crippen LogP contribution < -0.4 is 0 Å². The molecular weight excluding hydrogens is 392 g/mol. The Morgan fingerprint density at radius 1 is 1.21 bits per heavy atom. The molecule has 29 heavy (non-hydrogen) atoms. The number of hydrogen-bond acceptors (Lipinski definition) is 5. The zero-order chi connectivity index (χ0) is 21.2. The Morgan fingerprint density at radius 3 is 2.48 bits per heavy atom. The van der Waals surface area contributed by atoms with Gasteiger partial charge in [-0.2, -0.15) is 4.31 Å². The highest BCUT2D eigenvalue weighted by molar-refractivity contribution is 7.89. The van der Waals surface area contributed by atoms with Crippen molar-refractivity contribution in [2.45, 2.75) is 37.6 Å². The molecule has 0 aliphatic rings. The number of imidazole rings is 1. The third-order valence-corrected chi connectivity index (χ3v) is 6.60. The number of carbonyl (C=O) groups is 1. The maximum absolute atomic E-state index is 12.9. The predicted octanol–water partition coefficient (Wildman–Crippen LogP) is 2.67. The molecule has 2 N–H and O–H groups in total. The summed E-state index contributed by atoms with van der Waals surface area (Å²) in [6.45, 7) is 3.72. The van der Waals surface area contributed by atoms with Gasteiger partial charge in [-0.05, 0) is 36.1 Å². The molecule has 0 fully saturated rings. The highest BCUT2D eigenvalue weighted by Gasteiger charge is 2.33. The quantitative estimate of drug-likeness (QED) is 0.583. The second kappa shape index (κ2) is 8.30. The smallest absolute Gasteiger partial charge is 0.322 e. The monoisotopic (exact) mass is 416 g/mol. The Labute approximate surface area is 169 Å². The van der Waals surface area contributed by atoms with Crippen molar-refractivity contribution in [1.82, 2.24) is 19.3 Å². The number of carboxylic acids is 1. The highest BCUT2D eigenvalue weighted by atomic mass is 32.2. The van der Waals surface area contributed by atoms with E-state index in [1.54, 1.807) is 24.5 Å². The Balaban J connectivity index is 1.79. The van der Waals surface area contributed by atoms with Crippen LogP contribution in [0.4, 0.5) is 0 Å². The number of nitrogens with zero attached hydrogens (tertiary/aromatic N) is 3. The molecule has 2 heterocycles. The molecule has 3 aromatic rings. The number of rotatable bonds is 8. The van der Waals surface area contributed by atoms with Gasteiger partial charge in [0.2, 0.25) is 10.0 Å². The van der Waals surface area contributed by atoms with E-state index in [0.717, 1.165) is 26.7 Å². The van der Waals surface area contributed by atoms with E-state index < -0.39 is 22.0 Å². The summed E-state index contributed by atoms with van der Waals surface area (Å²) in [5.74, 6) is -0.348. The Kier molecular flexibility index (Phi) is 5.99. The molecule has 1 atom stereocenters. The van der Waals surface area contributed by atoms with Gasteiger partial charge in [0.05, 0.1) is 22.1 Å². The number of H-pyrrole nitrogens is 1. The Morgan fingerprint density at radius 2 is 1.90 bits per heavy atom. The lowest BCUT2D eigenvalue weighted by molar-refractivity contribution is -0.141. The first-order valence-electron chi connectivity index (χ1n) is 9.27. The van der Waals surface area contributed by atoms with Crippen molar-refractivity contribution in [3.8, 4) is 0 Å². The number of aromatic amines is 1. The normalized spacial score (nSPS) is 13.3. The first kappa shape index (κ1) is 20.9. The van der Waals surface area contributed by atoms with E-state index in [1.807, 2.05) is 19.9 Å². The lowest BCUT2D eigenvalue weighted by atomic mass is 10.0. The summed E-state index contributed by atoms with van der Waals surface area (Å²) < 4.78 is 26.7. The molecule has 0 saturated carbocycles. The van der Waals surface area contributed by atoms with E-state index in [1.165, 1.54) is 19.2 Å². The number of fused-ring (bicyclic) bond motifs is 1. The van der Waals surface area contributed by atoms with E-state index in [9.17, 15) is 18.3 Å². The molecule has 0 aliphatic carbocycles. The molecule has 0 radical (unpaired) electrons. The molecule has 3 rings (SSSR count). The lowest BCUT2D eigenvalue weighted by Crippen LogP contribution is -2.43. The SMILES string of the molecule is CC(C)C[C@@H](C(=O)O)N(C)S(=O)(=O)c1ccc(Cc2nc3ccncc3[nH]2)cc1. The average Bonchev–Trinajstić information content (AvgIpc) is 3.08. The molecule has 1 aromatic carbocycles. The number of benzene rings is 1. The fourth-order valence-electron chi connectivity index (χ4n) is 3.15. The fraction of sp³-hybridized carbons (Fsp3) is 0.350. The van der Waals surface area contributed by atoms with Crippen LogP contribution in [-0.2, 0) is 21.2 Å². The molecule has 0 amide bonds. The van der Waals surface area contributed by atoms with Crippen molar-refractivity contribution in [3.63, 3.8) is 0 Å². The van der Waals surface area contributed by atoms with Crippen LogP contribution in [0.5, 0.6) is 0 Å². The minimum atomic E-state index is -3.92. The second-order valence-corrected chi connectivity index (χ2v) is 9.40. The zero-order valence-corrected chi connectivity index (χ0v) is 17.3. The van der Waals surface area contributed by atoms with Crippen LogP contribution in [0.15, 0.2) is 47.6 Å². The highest BCUT2D eigenvalue weighted by Crippen LogP contribution is 2.22. The number of sulfonamides is 1.